The van der Waals surface area contributed by atoms with Gasteiger partial charge in [-0.25, -0.2) is 4.39 Å². The molecule has 1 aromatic rings. The molecular formula is C16H25BrFN. The van der Waals surface area contributed by atoms with Crippen molar-refractivity contribution in [3.05, 3.63) is 28.0 Å². The molecule has 0 bridgehead atoms. The highest BCUT2D eigenvalue weighted by Gasteiger charge is 2.14. The maximum atomic E-state index is 13.4. The molecule has 0 aliphatic carbocycles. The standard InChI is InChI=1S/C16H25BrFN/c1-10(2)6-13(7-11(3)4)19-16-9-14(17)15(18)8-12(16)5/h8-11,13,19H,6-7H2,1-5H3. The van der Waals surface area contributed by atoms with Crippen molar-refractivity contribution in [1.29, 1.82) is 0 Å². The summed E-state index contributed by atoms with van der Waals surface area (Å²) < 4.78 is 14.0. The van der Waals surface area contributed by atoms with Crippen molar-refractivity contribution < 1.29 is 4.39 Å². The second kappa shape index (κ2) is 7.28. The third kappa shape index (κ3) is 5.52. The first-order chi connectivity index (χ1) is 8.79. The molecule has 0 fully saturated rings. The van der Waals surface area contributed by atoms with Crippen LogP contribution in [0.5, 0.6) is 0 Å². The maximum absolute atomic E-state index is 13.4. The largest absolute Gasteiger partial charge is 0.382 e. The molecule has 108 valence electrons. The van der Waals surface area contributed by atoms with E-state index in [1.165, 1.54) is 0 Å². The van der Waals surface area contributed by atoms with Gasteiger partial charge >= 0.3 is 0 Å². The second-order valence-corrected chi connectivity index (χ2v) is 7.04. The van der Waals surface area contributed by atoms with Gasteiger partial charge in [0.2, 0.25) is 0 Å². The highest BCUT2D eigenvalue weighted by atomic mass is 79.9. The van der Waals surface area contributed by atoms with Gasteiger partial charge < -0.3 is 5.32 Å². The molecule has 0 unspecified atom stereocenters. The molecule has 0 aromatic heterocycles. The second-order valence-electron chi connectivity index (χ2n) is 6.18. The molecule has 1 nitrogen and oxygen atoms in total. The number of halogens is 2. The van der Waals surface area contributed by atoms with E-state index in [1.54, 1.807) is 6.07 Å². The first kappa shape index (κ1) is 16.5. The average molecular weight is 330 g/mol. The highest BCUT2D eigenvalue weighted by molar-refractivity contribution is 9.10. The number of hydrogen-bond acceptors (Lipinski definition) is 1. The zero-order chi connectivity index (χ0) is 14.6. The van der Waals surface area contributed by atoms with Crippen LogP contribution in [-0.2, 0) is 0 Å². The van der Waals surface area contributed by atoms with Crippen molar-refractivity contribution in [2.24, 2.45) is 11.8 Å². The Morgan fingerprint density at radius 3 is 2.11 bits per heavy atom. The van der Waals surface area contributed by atoms with Crippen molar-refractivity contribution in [3.8, 4) is 0 Å². The Hall–Kier alpha value is -0.570. The fourth-order valence-corrected chi connectivity index (χ4v) is 2.72. The van der Waals surface area contributed by atoms with E-state index in [-0.39, 0.29) is 5.82 Å². The summed E-state index contributed by atoms with van der Waals surface area (Å²) in [5, 5.41) is 3.58. The lowest BCUT2D eigenvalue weighted by molar-refractivity contribution is 0.442. The summed E-state index contributed by atoms with van der Waals surface area (Å²) in [6.07, 6.45) is 2.26. The summed E-state index contributed by atoms with van der Waals surface area (Å²) in [4.78, 5) is 0. The van der Waals surface area contributed by atoms with Gasteiger partial charge in [0.05, 0.1) is 4.47 Å². The zero-order valence-electron chi connectivity index (χ0n) is 12.6. The molecule has 0 saturated heterocycles. The third-order valence-corrected chi connectivity index (χ3v) is 3.75. The summed E-state index contributed by atoms with van der Waals surface area (Å²) in [7, 11) is 0. The van der Waals surface area contributed by atoms with Crippen LogP contribution >= 0.6 is 15.9 Å². The number of aryl methyl sites for hydroxylation is 1. The SMILES string of the molecule is Cc1cc(F)c(Br)cc1NC(CC(C)C)CC(C)C. The maximum Gasteiger partial charge on any atom is 0.137 e. The van der Waals surface area contributed by atoms with Gasteiger partial charge in [0.1, 0.15) is 5.82 Å². The Labute approximate surface area is 125 Å². The van der Waals surface area contributed by atoms with E-state index in [9.17, 15) is 4.39 Å². The van der Waals surface area contributed by atoms with Crippen LogP contribution in [0.25, 0.3) is 0 Å². The Kier molecular flexibility index (Phi) is 6.31. The molecule has 1 rings (SSSR count). The molecule has 0 radical (unpaired) electrons. The van der Waals surface area contributed by atoms with Gasteiger partial charge in [0.15, 0.2) is 0 Å². The van der Waals surface area contributed by atoms with Crippen LogP contribution in [0.2, 0.25) is 0 Å². The van der Waals surface area contributed by atoms with Crippen LogP contribution in [0.15, 0.2) is 16.6 Å². The van der Waals surface area contributed by atoms with Crippen LogP contribution in [-0.4, -0.2) is 6.04 Å². The normalized spacial score (nSPS) is 11.7. The smallest absolute Gasteiger partial charge is 0.137 e. The molecule has 0 aliphatic rings. The molecule has 1 aromatic carbocycles. The molecule has 19 heavy (non-hydrogen) atoms. The predicted octanol–water partition coefficient (Wildman–Crippen LogP) is 5.77. The van der Waals surface area contributed by atoms with Gasteiger partial charge in [-0.3, -0.25) is 0 Å². The van der Waals surface area contributed by atoms with Gasteiger partial charge in [0.25, 0.3) is 0 Å². The van der Waals surface area contributed by atoms with E-state index in [1.807, 2.05) is 13.0 Å². The van der Waals surface area contributed by atoms with Crippen LogP contribution in [0.3, 0.4) is 0 Å². The van der Waals surface area contributed by atoms with E-state index < -0.39 is 0 Å². The first-order valence-electron chi connectivity index (χ1n) is 7.01. The van der Waals surface area contributed by atoms with Gasteiger partial charge in [-0.15, -0.1) is 0 Å². The molecular weight excluding hydrogens is 305 g/mol. The first-order valence-corrected chi connectivity index (χ1v) is 7.81. The molecule has 0 saturated carbocycles. The lowest BCUT2D eigenvalue weighted by Crippen LogP contribution is -2.24. The summed E-state index contributed by atoms with van der Waals surface area (Å²) >= 11 is 3.26. The third-order valence-electron chi connectivity index (χ3n) is 3.14. The van der Waals surface area contributed by atoms with E-state index in [2.05, 4.69) is 48.9 Å². The Balaban J connectivity index is 2.86. The molecule has 1 N–H and O–H groups in total. The molecule has 0 heterocycles. The lowest BCUT2D eigenvalue weighted by Gasteiger charge is -2.24. The summed E-state index contributed by atoms with van der Waals surface area (Å²) in [5.41, 5.74) is 1.98. The monoisotopic (exact) mass is 329 g/mol. The average Bonchev–Trinajstić information content (AvgIpc) is 2.23. The number of benzene rings is 1. The van der Waals surface area contributed by atoms with E-state index in [4.69, 9.17) is 0 Å². The summed E-state index contributed by atoms with van der Waals surface area (Å²) in [6.45, 7) is 10.9. The number of nitrogens with one attached hydrogen (secondary N) is 1. The predicted molar refractivity (Wildman–Crippen MR) is 85.2 cm³/mol. The minimum absolute atomic E-state index is 0.202. The van der Waals surface area contributed by atoms with Crippen LogP contribution in [0.1, 0.15) is 46.1 Å². The Morgan fingerprint density at radius 2 is 1.63 bits per heavy atom. The number of anilines is 1. The van der Waals surface area contributed by atoms with Crippen molar-refractivity contribution >= 4 is 21.6 Å². The summed E-state index contributed by atoms with van der Waals surface area (Å²) in [6, 6.07) is 3.86. The van der Waals surface area contributed by atoms with E-state index in [0.29, 0.717) is 22.4 Å². The quantitative estimate of drug-likeness (QED) is 0.698. The Morgan fingerprint density at radius 1 is 1.11 bits per heavy atom. The van der Waals surface area contributed by atoms with Crippen molar-refractivity contribution in [2.45, 2.75) is 53.5 Å². The van der Waals surface area contributed by atoms with E-state index in [0.717, 1.165) is 24.1 Å². The molecule has 0 atom stereocenters. The number of hydrogen-bond donors (Lipinski definition) is 1. The van der Waals surface area contributed by atoms with Gasteiger partial charge in [-0.2, -0.15) is 0 Å². The van der Waals surface area contributed by atoms with Crippen LogP contribution in [0.4, 0.5) is 10.1 Å². The minimum atomic E-state index is -0.202. The zero-order valence-corrected chi connectivity index (χ0v) is 14.1. The van der Waals surface area contributed by atoms with Gasteiger partial charge in [-0.1, -0.05) is 27.7 Å². The molecule has 0 aliphatic heterocycles. The van der Waals surface area contributed by atoms with Gasteiger partial charge in [-0.05, 0) is 65.2 Å². The molecule has 0 spiro atoms. The van der Waals surface area contributed by atoms with Crippen molar-refractivity contribution in [3.63, 3.8) is 0 Å². The van der Waals surface area contributed by atoms with Gasteiger partial charge in [0, 0.05) is 11.7 Å². The van der Waals surface area contributed by atoms with Crippen molar-refractivity contribution in [2.75, 3.05) is 5.32 Å². The highest BCUT2D eigenvalue weighted by Crippen LogP contribution is 2.27. The fraction of sp³-hybridized carbons (Fsp3) is 0.625. The Bertz CT molecular complexity index is 405. The number of rotatable bonds is 6. The van der Waals surface area contributed by atoms with Crippen LogP contribution in [0, 0.1) is 24.6 Å². The fourth-order valence-electron chi connectivity index (χ4n) is 2.37. The van der Waals surface area contributed by atoms with Crippen LogP contribution < -0.4 is 5.32 Å². The van der Waals surface area contributed by atoms with E-state index >= 15 is 0 Å². The molecule has 0 amide bonds. The molecule has 3 heteroatoms. The van der Waals surface area contributed by atoms with Crippen molar-refractivity contribution in [1.82, 2.24) is 0 Å². The summed E-state index contributed by atoms with van der Waals surface area (Å²) in [5.74, 6) is 1.10. The lowest BCUT2D eigenvalue weighted by atomic mass is 9.95. The topological polar surface area (TPSA) is 12.0 Å². The minimum Gasteiger partial charge on any atom is -0.382 e.